The van der Waals surface area contributed by atoms with Crippen molar-refractivity contribution >= 4 is 27.5 Å². The van der Waals surface area contributed by atoms with Crippen LogP contribution in [0.5, 0.6) is 0 Å². The van der Waals surface area contributed by atoms with Gasteiger partial charge in [-0.15, -0.1) is 0 Å². The van der Waals surface area contributed by atoms with Gasteiger partial charge in [0.05, 0.1) is 11.3 Å². The number of para-hydroxylation sites is 1. The number of amides is 1. The molecule has 1 N–H and O–H groups in total. The summed E-state index contributed by atoms with van der Waals surface area (Å²) in [6.07, 6.45) is -3.72. The van der Waals surface area contributed by atoms with Gasteiger partial charge in [-0.3, -0.25) is 4.79 Å². The first-order valence-electron chi connectivity index (χ1n) is 5.41. The summed E-state index contributed by atoms with van der Waals surface area (Å²) >= 11 is 3.27. The summed E-state index contributed by atoms with van der Waals surface area (Å²) in [4.78, 5) is 11.7. The number of carbonyl (C=O) groups excluding carboxylic acids is 1. The highest BCUT2D eigenvalue weighted by molar-refractivity contribution is 9.09. The van der Waals surface area contributed by atoms with E-state index in [1.807, 2.05) is 6.92 Å². The minimum absolute atomic E-state index is 0.154. The molecule has 1 aromatic rings. The van der Waals surface area contributed by atoms with Crippen LogP contribution in [0.4, 0.5) is 18.9 Å². The molecule has 0 bridgehead atoms. The van der Waals surface area contributed by atoms with Crippen LogP contribution in [0.1, 0.15) is 25.3 Å². The average molecular weight is 324 g/mol. The summed E-state index contributed by atoms with van der Waals surface area (Å²) in [7, 11) is 0. The number of anilines is 1. The van der Waals surface area contributed by atoms with Crippen LogP contribution < -0.4 is 5.32 Å². The van der Waals surface area contributed by atoms with Gasteiger partial charge in [0.2, 0.25) is 5.91 Å². The first-order chi connectivity index (χ1) is 8.30. The van der Waals surface area contributed by atoms with Crippen molar-refractivity contribution in [1.82, 2.24) is 0 Å². The van der Waals surface area contributed by atoms with Crippen molar-refractivity contribution in [3.05, 3.63) is 29.8 Å². The van der Waals surface area contributed by atoms with E-state index >= 15 is 0 Å². The second-order valence-corrected chi connectivity index (χ2v) is 5.47. The van der Waals surface area contributed by atoms with Crippen LogP contribution in [0, 0.1) is 0 Å². The summed E-state index contributed by atoms with van der Waals surface area (Å²) in [6.45, 7) is 1.87. The fourth-order valence-corrected chi connectivity index (χ4v) is 1.61. The standard InChI is InChI=1S/C12H13BrF3NO/c1-8(13)6-7-11(18)17-10-5-3-2-4-9(10)12(14,15)16/h2-5,8H,6-7H2,1H3,(H,17,18). The molecule has 1 amide bonds. The van der Waals surface area contributed by atoms with Crippen LogP contribution in [-0.2, 0) is 11.0 Å². The lowest BCUT2D eigenvalue weighted by Gasteiger charge is -2.13. The van der Waals surface area contributed by atoms with Gasteiger partial charge in [0.1, 0.15) is 0 Å². The lowest BCUT2D eigenvalue weighted by atomic mass is 10.1. The molecule has 1 unspecified atom stereocenters. The Morgan fingerprint density at radius 3 is 2.56 bits per heavy atom. The Bertz CT molecular complexity index is 418. The van der Waals surface area contributed by atoms with Crippen molar-refractivity contribution in [2.45, 2.75) is 30.8 Å². The largest absolute Gasteiger partial charge is 0.418 e. The molecule has 18 heavy (non-hydrogen) atoms. The quantitative estimate of drug-likeness (QED) is 0.826. The predicted octanol–water partition coefficient (Wildman–Crippen LogP) is 4.21. The smallest absolute Gasteiger partial charge is 0.326 e. The van der Waals surface area contributed by atoms with E-state index in [2.05, 4.69) is 21.2 Å². The zero-order valence-corrected chi connectivity index (χ0v) is 11.3. The van der Waals surface area contributed by atoms with Crippen LogP contribution in [0.15, 0.2) is 24.3 Å². The van der Waals surface area contributed by atoms with E-state index in [9.17, 15) is 18.0 Å². The van der Waals surface area contributed by atoms with E-state index in [-0.39, 0.29) is 16.9 Å². The molecule has 0 aromatic heterocycles. The lowest BCUT2D eigenvalue weighted by Crippen LogP contribution is -2.16. The van der Waals surface area contributed by atoms with Crippen molar-refractivity contribution in [2.75, 3.05) is 5.32 Å². The van der Waals surface area contributed by atoms with Gasteiger partial charge in [0.25, 0.3) is 0 Å². The topological polar surface area (TPSA) is 29.1 Å². The molecule has 0 heterocycles. The molecule has 100 valence electrons. The molecule has 0 spiro atoms. The maximum atomic E-state index is 12.7. The van der Waals surface area contributed by atoms with Crippen LogP contribution in [0.2, 0.25) is 0 Å². The van der Waals surface area contributed by atoms with Gasteiger partial charge in [-0.05, 0) is 18.6 Å². The number of carbonyl (C=O) groups is 1. The van der Waals surface area contributed by atoms with Crippen LogP contribution in [0.25, 0.3) is 0 Å². The van der Waals surface area contributed by atoms with Crippen molar-refractivity contribution in [3.8, 4) is 0 Å². The number of halogens is 4. The molecular formula is C12H13BrF3NO. The second kappa shape index (κ2) is 6.22. The Hall–Kier alpha value is -1.04. The number of hydrogen-bond donors (Lipinski definition) is 1. The highest BCUT2D eigenvalue weighted by Crippen LogP contribution is 2.34. The van der Waals surface area contributed by atoms with Crippen molar-refractivity contribution < 1.29 is 18.0 Å². The molecule has 1 rings (SSSR count). The number of alkyl halides is 4. The van der Waals surface area contributed by atoms with E-state index < -0.39 is 17.6 Å². The molecular weight excluding hydrogens is 311 g/mol. The van der Waals surface area contributed by atoms with Gasteiger partial charge in [-0.25, -0.2) is 0 Å². The van der Waals surface area contributed by atoms with E-state index in [1.54, 1.807) is 0 Å². The summed E-state index contributed by atoms with van der Waals surface area (Å²) in [5.74, 6) is -0.419. The van der Waals surface area contributed by atoms with Gasteiger partial charge in [0, 0.05) is 11.2 Å². The Morgan fingerprint density at radius 1 is 1.39 bits per heavy atom. The Kier molecular flexibility index (Phi) is 5.19. The molecule has 1 atom stereocenters. The molecule has 0 aliphatic heterocycles. The molecule has 0 saturated carbocycles. The molecule has 1 aromatic carbocycles. The van der Waals surface area contributed by atoms with Gasteiger partial charge in [-0.2, -0.15) is 13.2 Å². The van der Waals surface area contributed by atoms with E-state index in [4.69, 9.17) is 0 Å². The summed E-state index contributed by atoms with van der Waals surface area (Å²) in [6, 6.07) is 4.94. The van der Waals surface area contributed by atoms with Gasteiger partial charge in [0.15, 0.2) is 0 Å². The maximum absolute atomic E-state index is 12.7. The number of nitrogens with one attached hydrogen (secondary N) is 1. The normalized spacial score (nSPS) is 13.2. The Labute approximate surface area is 112 Å². The minimum atomic E-state index is -4.47. The third kappa shape index (κ3) is 4.68. The van der Waals surface area contributed by atoms with Crippen LogP contribution in [-0.4, -0.2) is 10.7 Å². The molecule has 6 heteroatoms. The first kappa shape index (κ1) is 15.0. The second-order valence-electron chi connectivity index (χ2n) is 3.91. The number of rotatable bonds is 4. The highest BCUT2D eigenvalue weighted by Gasteiger charge is 2.33. The third-order valence-corrected chi connectivity index (χ3v) is 2.73. The third-order valence-electron chi connectivity index (χ3n) is 2.28. The highest BCUT2D eigenvalue weighted by atomic mass is 79.9. The monoisotopic (exact) mass is 323 g/mol. The van der Waals surface area contributed by atoms with Gasteiger partial charge < -0.3 is 5.32 Å². The van der Waals surface area contributed by atoms with Crippen LogP contribution >= 0.6 is 15.9 Å². The zero-order valence-electron chi connectivity index (χ0n) is 9.72. The molecule has 0 aliphatic rings. The van der Waals surface area contributed by atoms with Crippen LogP contribution in [0.3, 0.4) is 0 Å². The van der Waals surface area contributed by atoms with Crippen molar-refractivity contribution in [2.24, 2.45) is 0 Å². The first-order valence-corrected chi connectivity index (χ1v) is 6.32. The van der Waals surface area contributed by atoms with E-state index in [1.165, 1.54) is 18.2 Å². The molecule has 0 fully saturated rings. The SMILES string of the molecule is CC(Br)CCC(=O)Nc1ccccc1C(F)(F)F. The molecule has 0 saturated heterocycles. The summed E-state index contributed by atoms with van der Waals surface area (Å²) in [5, 5.41) is 2.29. The number of hydrogen-bond acceptors (Lipinski definition) is 1. The van der Waals surface area contributed by atoms with Gasteiger partial charge in [-0.1, -0.05) is 35.0 Å². The fraction of sp³-hybridized carbons (Fsp3) is 0.417. The van der Waals surface area contributed by atoms with E-state index in [0.717, 1.165) is 6.07 Å². The Morgan fingerprint density at radius 2 is 2.00 bits per heavy atom. The molecule has 0 aliphatic carbocycles. The maximum Gasteiger partial charge on any atom is 0.418 e. The minimum Gasteiger partial charge on any atom is -0.326 e. The zero-order chi connectivity index (χ0) is 13.8. The van der Waals surface area contributed by atoms with Crippen molar-refractivity contribution in [1.29, 1.82) is 0 Å². The Balaban J connectivity index is 2.76. The van der Waals surface area contributed by atoms with Crippen molar-refractivity contribution in [3.63, 3.8) is 0 Å². The fourth-order valence-electron chi connectivity index (χ4n) is 1.38. The van der Waals surface area contributed by atoms with E-state index in [0.29, 0.717) is 6.42 Å². The summed E-state index contributed by atoms with van der Waals surface area (Å²) in [5.41, 5.74) is -1.03. The lowest BCUT2D eigenvalue weighted by molar-refractivity contribution is -0.137. The number of benzene rings is 1. The summed E-state index contributed by atoms with van der Waals surface area (Å²) < 4.78 is 38.0. The molecule has 0 radical (unpaired) electrons. The average Bonchev–Trinajstić information content (AvgIpc) is 2.25. The molecule has 2 nitrogen and oxygen atoms in total. The van der Waals surface area contributed by atoms with Gasteiger partial charge >= 0.3 is 6.18 Å². The predicted molar refractivity (Wildman–Crippen MR) is 67.7 cm³/mol.